The van der Waals surface area contributed by atoms with E-state index in [0.717, 1.165) is 30.3 Å². The smallest absolute Gasteiger partial charge is 0.435 e. The van der Waals surface area contributed by atoms with Gasteiger partial charge in [-0.05, 0) is 43.3 Å². The zero-order chi connectivity index (χ0) is 25.2. The summed E-state index contributed by atoms with van der Waals surface area (Å²) in [5, 5.41) is 2.99. The molecule has 2 heterocycles. The lowest BCUT2D eigenvalue weighted by Crippen LogP contribution is -2.56. The quantitative estimate of drug-likeness (QED) is 0.472. The van der Waals surface area contributed by atoms with Crippen LogP contribution in [0.25, 0.3) is 0 Å². The van der Waals surface area contributed by atoms with Gasteiger partial charge in [0.1, 0.15) is 16.3 Å². The second kappa shape index (κ2) is 7.80. The first-order valence-electron chi connectivity index (χ1n) is 9.97. The highest BCUT2D eigenvalue weighted by Crippen LogP contribution is 2.56. The lowest BCUT2D eigenvalue weighted by molar-refractivity contribution is -0.348. The van der Waals surface area contributed by atoms with Crippen molar-refractivity contribution in [2.45, 2.75) is 34.1 Å². The predicted molar refractivity (Wildman–Crippen MR) is 103 cm³/mol. The number of sulfone groups is 1. The van der Waals surface area contributed by atoms with Crippen LogP contribution in [-0.2, 0) is 20.3 Å². The zero-order valence-corrected chi connectivity index (χ0v) is 17.9. The molecule has 0 saturated carbocycles. The minimum Gasteiger partial charge on any atom is -0.493 e. The van der Waals surface area contributed by atoms with Crippen LogP contribution in [0, 0.1) is 11.7 Å². The molecule has 4 rings (SSSR count). The molecule has 0 aromatic heterocycles. The number of hydrogen-bond acceptors (Lipinski definition) is 4. The van der Waals surface area contributed by atoms with Crippen LogP contribution in [0.5, 0.6) is 5.75 Å². The van der Waals surface area contributed by atoms with Crippen LogP contribution in [-0.4, -0.2) is 40.5 Å². The summed E-state index contributed by atoms with van der Waals surface area (Å²) in [5.41, 5.74) is -7.63. The van der Waals surface area contributed by atoms with Gasteiger partial charge >= 0.3 is 18.0 Å². The Morgan fingerprint density at radius 3 is 2.15 bits per heavy atom. The molecular weight excluding hydrogens is 498 g/mol. The molecule has 2 aliphatic heterocycles. The number of hydrogen-bond donors (Lipinski definition) is 1. The Kier molecular flexibility index (Phi) is 5.67. The molecule has 2 atom stereocenters. The Bertz CT molecular complexity index is 1180. The SMILES string of the molecule is O=S(=O)(c1ccc(F)cc1)C12CCNCC1COc1cc(C(F)(C(F)(F)F)C(F)(F)F)ccc12. The van der Waals surface area contributed by atoms with Crippen LogP contribution in [0.1, 0.15) is 17.5 Å². The molecule has 1 saturated heterocycles. The van der Waals surface area contributed by atoms with Gasteiger partial charge < -0.3 is 10.1 Å². The van der Waals surface area contributed by atoms with Gasteiger partial charge in [0.05, 0.1) is 11.5 Å². The van der Waals surface area contributed by atoms with Crippen molar-refractivity contribution in [2.75, 3.05) is 19.7 Å². The molecule has 0 amide bonds. The topological polar surface area (TPSA) is 55.4 Å². The normalized spacial score (nSPS) is 23.6. The van der Waals surface area contributed by atoms with Crippen LogP contribution in [0.4, 0.5) is 35.1 Å². The first kappa shape index (κ1) is 24.7. The molecule has 2 unspecified atom stereocenters. The summed E-state index contributed by atoms with van der Waals surface area (Å²) in [6, 6.07) is 5.20. The summed E-state index contributed by atoms with van der Waals surface area (Å²) in [5.74, 6) is -2.05. The van der Waals surface area contributed by atoms with Crippen molar-refractivity contribution in [1.29, 1.82) is 0 Å². The van der Waals surface area contributed by atoms with Gasteiger partial charge in [0.25, 0.3) is 0 Å². The van der Waals surface area contributed by atoms with E-state index in [2.05, 4.69) is 5.32 Å². The third-order valence-electron chi connectivity index (χ3n) is 6.38. The van der Waals surface area contributed by atoms with Gasteiger partial charge in [-0.1, -0.05) is 12.1 Å². The van der Waals surface area contributed by atoms with Crippen molar-refractivity contribution in [3.05, 3.63) is 59.4 Å². The molecule has 0 bridgehead atoms. The van der Waals surface area contributed by atoms with Gasteiger partial charge in [-0.2, -0.15) is 26.3 Å². The molecule has 2 aromatic rings. The first-order chi connectivity index (χ1) is 15.7. The lowest BCUT2D eigenvalue weighted by atomic mass is 9.77. The van der Waals surface area contributed by atoms with Gasteiger partial charge in [0.2, 0.25) is 0 Å². The van der Waals surface area contributed by atoms with E-state index in [0.29, 0.717) is 0 Å². The van der Waals surface area contributed by atoms with Gasteiger partial charge in [-0.25, -0.2) is 17.2 Å². The molecule has 1 N–H and O–H groups in total. The van der Waals surface area contributed by atoms with Gasteiger partial charge in [0, 0.05) is 23.6 Å². The Morgan fingerprint density at radius 2 is 1.56 bits per heavy atom. The summed E-state index contributed by atoms with van der Waals surface area (Å²) < 4.78 is 139. The van der Waals surface area contributed by atoms with E-state index in [4.69, 9.17) is 4.74 Å². The molecule has 1 fully saturated rings. The van der Waals surface area contributed by atoms with Gasteiger partial charge in [0.15, 0.2) is 9.84 Å². The van der Waals surface area contributed by atoms with Crippen molar-refractivity contribution >= 4 is 9.84 Å². The predicted octanol–water partition coefficient (Wildman–Crippen LogP) is 4.79. The number of fused-ring (bicyclic) bond motifs is 3. The Labute approximate surface area is 188 Å². The maximum absolute atomic E-state index is 14.6. The number of halogens is 8. The van der Waals surface area contributed by atoms with Crippen LogP contribution in [0.15, 0.2) is 47.4 Å². The van der Waals surface area contributed by atoms with E-state index >= 15 is 0 Å². The Hall–Kier alpha value is -2.41. The van der Waals surface area contributed by atoms with E-state index in [1.165, 1.54) is 0 Å². The number of rotatable bonds is 3. The molecule has 13 heteroatoms. The summed E-state index contributed by atoms with van der Waals surface area (Å²) in [6.07, 6.45) is -12.8. The number of nitrogens with one attached hydrogen (secondary N) is 1. The maximum Gasteiger partial charge on any atom is 0.435 e. The van der Waals surface area contributed by atoms with Gasteiger partial charge in [-0.15, -0.1) is 0 Å². The highest BCUT2D eigenvalue weighted by molar-refractivity contribution is 7.92. The first-order valence-corrected chi connectivity index (χ1v) is 11.5. The fourth-order valence-corrected chi connectivity index (χ4v) is 7.01. The lowest BCUT2D eigenvalue weighted by Gasteiger charge is -2.47. The largest absolute Gasteiger partial charge is 0.493 e. The van der Waals surface area contributed by atoms with E-state index < -0.39 is 55.7 Å². The van der Waals surface area contributed by atoms with Crippen molar-refractivity contribution in [1.82, 2.24) is 5.32 Å². The Balaban J connectivity index is 1.94. The standard InChI is InChI=1S/C21H17F8NO3S/c22-14-2-4-15(5-3-14)34(31,32)18-7-8-30-10-13(18)11-33-17-9-12(1-6-16(17)18)19(23,20(24,25)26)21(27,28)29/h1-6,9,13,30H,7-8,10-11H2. The average molecular weight is 515 g/mol. The number of ether oxygens (including phenoxy) is 1. The fourth-order valence-electron chi connectivity index (χ4n) is 4.67. The fraction of sp³-hybridized carbons (Fsp3) is 0.429. The molecule has 4 nitrogen and oxygen atoms in total. The maximum atomic E-state index is 14.6. The summed E-state index contributed by atoms with van der Waals surface area (Å²) in [4.78, 5) is -0.275. The molecule has 2 aromatic carbocycles. The number of alkyl halides is 7. The third kappa shape index (κ3) is 3.38. The number of piperidine rings is 1. The molecule has 34 heavy (non-hydrogen) atoms. The molecule has 0 aliphatic carbocycles. The average Bonchev–Trinajstić information content (AvgIpc) is 2.76. The van der Waals surface area contributed by atoms with Crippen LogP contribution >= 0.6 is 0 Å². The van der Waals surface area contributed by atoms with E-state index in [1.54, 1.807) is 0 Å². The molecule has 186 valence electrons. The van der Waals surface area contributed by atoms with E-state index in [1.807, 2.05) is 0 Å². The number of benzene rings is 2. The van der Waals surface area contributed by atoms with Crippen LogP contribution in [0.3, 0.4) is 0 Å². The van der Waals surface area contributed by atoms with Gasteiger partial charge in [-0.3, -0.25) is 0 Å². The van der Waals surface area contributed by atoms with Crippen molar-refractivity contribution in [3.63, 3.8) is 0 Å². The molecule has 0 spiro atoms. The second-order valence-corrected chi connectivity index (χ2v) is 10.4. The molecule has 2 aliphatic rings. The third-order valence-corrected chi connectivity index (χ3v) is 8.99. The Morgan fingerprint density at radius 1 is 0.941 bits per heavy atom. The summed E-state index contributed by atoms with van der Waals surface area (Å²) in [7, 11) is -4.34. The van der Waals surface area contributed by atoms with E-state index in [9.17, 15) is 43.5 Å². The molecule has 0 radical (unpaired) electrons. The van der Waals surface area contributed by atoms with Crippen LogP contribution < -0.4 is 10.1 Å². The zero-order valence-electron chi connectivity index (χ0n) is 17.1. The van der Waals surface area contributed by atoms with E-state index in [-0.39, 0.29) is 48.7 Å². The summed E-state index contributed by atoms with van der Waals surface area (Å²) in [6.45, 7) is -0.0722. The van der Waals surface area contributed by atoms with Crippen molar-refractivity contribution in [3.8, 4) is 5.75 Å². The van der Waals surface area contributed by atoms with Crippen LogP contribution in [0.2, 0.25) is 0 Å². The van der Waals surface area contributed by atoms with Crippen molar-refractivity contribution < 1.29 is 48.3 Å². The highest BCUT2D eigenvalue weighted by atomic mass is 32.2. The monoisotopic (exact) mass is 515 g/mol. The minimum absolute atomic E-state index is 0.0909. The summed E-state index contributed by atoms with van der Waals surface area (Å²) >= 11 is 0. The van der Waals surface area contributed by atoms with Crippen molar-refractivity contribution in [2.24, 2.45) is 5.92 Å². The second-order valence-electron chi connectivity index (χ2n) is 8.17. The minimum atomic E-state index is -6.33. The molecular formula is C21H17F8NO3S. The highest BCUT2D eigenvalue weighted by Gasteiger charge is 2.73.